The monoisotopic (exact) mass is 1280 g/mol. The van der Waals surface area contributed by atoms with Gasteiger partial charge < -0.3 is 0 Å². The van der Waals surface area contributed by atoms with Gasteiger partial charge in [0.25, 0.3) is 0 Å². The molecule has 0 bridgehead atoms. The number of benzene rings is 6. The topological polar surface area (TPSA) is 77.3 Å². The van der Waals surface area contributed by atoms with Crippen molar-refractivity contribution >= 4 is 176 Å². The van der Waals surface area contributed by atoms with Gasteiger partial charge in [-0.25, -0.2) is 29.9 Å². The molecular weight excluding hydrogens is 1200 g/mol. The molecule has 0 N–H and O–H groups in total. The summed E-state index contributed by atoms with van der Waals surface area (Å²) in [6.07, 6.45) is 15.2. The minimum absolute atomic E-state index is 0.755. The molecule has 12 rings (SSSR count). The SMILES string of the molecule is CCCCCCCCCCCSc1nc2ccccc2s1.CCCCSc1nc2ccccc2s1.CCSc1nc2cc(Cl)ccc2s1.Cc1cc(C)c2sc(C)nc2c1.Cc1nc2cc(C)c(C)cc2s1.Cc1nc2ccccc2s1. The molecule has 16 heteroatoms. The summed E-state index contributed by atoms with van der Waals surface area (Å²) < 4.78 is 11.3. The van der Waals surface area contributed by atoms with Gasteiger partial charge in [0.1, 0.15) is 0 Å². The van der Waals surface area contributed by atoms with Crippen molar-refractivity contribution in [3.8, 4) is 0 Å². The van der Waals surface area contributed by atoms with Crippen LogP contribution in [0.3, 0.4) is 0 Å². The van der Waals surface area contributed by atoms with E-state index in [9.17, 15) is 0 Å². The fourth-order valence-corrected chi connectivity index (χ4v) is 17.6. The Morgan fingerprint density at radius 2 is 0.793 bits per heavy atom. The van der Waals surface area contributed by atoms with E-state index in [1.807, 2.05) is 84.2 Å². The van der Waals surface area contributed by atoms with E-state index >= 15 is 0 Å². The van der Waals surface area contributed by atoms with Gasteiger partial charge in [-0.3, -0.25) is 0 Å². The molecule has 0 aliphatic rings. The van der Waals surface area contributed by atoms with E-state index in [-0.39, 0.29) is 0 Å². The van der Waals surface area contributed by atoms with Gasteiger partial charge in [-0.2, -0.15) is 0 Å². The number of fused-ring (bicyclic) bond motifs is 6. The van der Waals surface area contributed by atoms with Crippen molar-refractivity contribution in [2.45, 2.75) is 153 Å². The van der Waals surface area contributed by atoms with Crippen LogP contribution in [0.25, 0.3) is 61.3 Å². The Morgan fingerprint density at radius 1 is 0.354 bits per heavy atom. The molecule has 82 heavy (non-hydrogen) atoms. The summed E-state index contributed by atoms with van der Waals surface area (Å²) in [7, 11) is 0. The largest absolute Gasteiger partial charge is 0.242 e. The molecule has 0 amide bonds. The average Bonchev–Trinajstić information content (AvgIpc) is 4.47. The quantitative estimate of drug-likeness (QED) is 0.0654. The first-order valence-electron chi connectivity index (χ1n) is 28.5. The number of thioether (sulfide) groups is 3. The summed E-state index contributed by atoms with van der Waals surface area (Å²) in [5.41, 5.74) is 12.0. The standard InChI is InChI=1S/C18H27NS2.C11H13NS2.2C10H11NS.C9H8ClNS2.C8H7NS/c1-2-3-4-5-6-7-8-9-12-15-20-18-19-16-13-10-11-14-17(16)21-18;1-2-3-8-13-11-12-9-6-4-5-7-10(9)14-11;1-6-4-9-10(5-7(6)2)12-8(3)11-9;1-6-4-7(2)10-9(5-6)11-8(3)12-10;1-2-12-9-11-7-5-6(10)3-4-8(7)13-9;1-6-9-7-4-2-3-5-8(7)10-6/h10-11,13-14H,2-9,12,15H2,1H3;4-7H,2-3,8H2,1H3;2*4-5H,1-3H3;3-5H,2H2,1H3;2-5H,1H3. The number of aromatic nitrogens is 6. The lowest BCUT2D eigenvalue weighted by Crippen LogP contribution is -1.83. The third kappa shape index (κ3) is 21.2. The highest BCUT2D eigenvalue weighted by Gasteiger charge is 2.07. The summed E-state index contributed by atoms with van der Waals surface area (Å²) in [4.78, 5) is 26.9. The van der Waals surface area contributed by atoms with Gasteiger partial charge in [-0.05, 0) is 162 Å². The van der Waals surface area contributed by atoms with Crippen LogP contribution in [-0.2, 0) is 0 Å². The highest BCUT2D eigenvalue weighted by Crippen LogP contribution is 2.33. The van der Waals surface area contributed by atoms with Crippen molar-refractivity contribution in [3.63, 3.8) is 0 Å². The molecule has 432 valence electrons. The van der Waals surface area contributed by atoms with E-state index in [1.54, 1.807) is 68.4 Å². The van der Waals surface area contributed by atoms with Crippen LogP contribution in [0.4, 0.5) is 0 Å². The number of unbranched alkanes of at least 4 members (excludes halogenated alkanes) is 9. The zero-order chi connectivity index (χ0) is 58.2. The third-order valence-corrected chi connectivity index (χ3v) is 22.6. The molecule has 12 aromatic rings. The second kappa shape index (κ2) is 34.8. The van der Waals surface area contributed by atoms with Crippen molar-refractivity contribution in [2.75, 3.05) is 17.3 Å². The first-order valence-corrected chi connectivity index (χ1v) is 36.7. The molecular formula is C66H77ClN6S9. The summed E-state index contributed by atoms with van der Waals surface area (Å²) in [5.74, 6) is 3.47. The van der Waals surface area contributed by atoms with Crippen LogP contribution in [0.5, 0.6) is 0 Å². The Kier molecular flexibility index (Phi) is 27.8. The maximum Gasteiger partial charge on any atom is 0.151 e. The minimum atomic E-state index is 0.755. The van der Waals surface area contributed by atoms with E-state index < -0.39 is 0 Å². The Labute approximate surface area is 528 Å². The zero-order valence-electron chi connectivity index (χ0n) is 49.1. The molecule has 6 heterocycles. The minimum Gasteiger partial charge on any atom is -0.242 e. The van der Waals surface area contributed by atoms with Gasteiger partial charge in [0.2, 0.25) is 0 Å². The predicted molar refractivity (Wildman–Crippen MR) is 376 cm³/mol. The second-order valence-corrected chi connectivity index (χ2v) is 31.2. The normalized spacial score (nSPS) is 11.0. The molecule has 6 aromatic carbocycles. The maximum atomic E-state index is 5.86. The predicted octanol–water partition coefficient (Wildman–Crippen LogP) is 24.2. The van der Waals surface area contributed by atoms with E-state index in [1.165, 1.54) is 141 Å². The summed E-state index contributed by atoms with van der Waals surface area (Å²) in [5, 5.41) is 4.20. The van der Waals surface area contributed by atoms with Crippen LogP contribution >= 0.6 is 115 Å². The Hall–Kier alpha value is -4.00. The molecule has 6 nitrogen and oxygen atoms in total. The molecule has 0 atom stereocenters. The number of hydrogen-bond donors (Lipinski definition) is 0. The van der Waals surface area contributed by atoms with Crippen molar-refractivity contribution in [2.24, 2.45) is 0 Å². The van der Waals surface area contributed by atoms with Crippen LogP contribution in [-0.4, -0.2) is 47.2 Å². The second-order valence-electron chi connectivity index (χ2n) is 19.8. The van der Waals surface area contributed by atoms with Crippen molar-refractivity contribution in [1.29, 1.82) is 0 Å². The number of rotatable bonds is 17. The number of halogens is 1. The fraction of sp³-hybridized carbons (Fsp3) is 0.364. The molecule has 0 unspecified atom stereocenters. The zero-order valence-corrected chi connectivity index (χ0v) is 57.2. The highest BCUT2D eigenvalue weighted by molar-refractivity contribution is 8.01. The van der Waals surface area contributed by atoms with Crippen LogP contribution in [0.2, 0.25) is 5.02 Å². The third-order valence-electron chi connectivity index (χ3n) is 12.8. The van der Waals surface area contributed by atoms with Crippen LogP contribution < -0.4 is 0 Å². The maximum absolute atomic E-state index is 5.86. The van der Waals surface area contributed by atoms with Crippen molar-refractivity contribution in [3.05, 3.63) is 158 Å². The lowest BCUT2D eigenvalue weighted by atomic mass is 10.1. The molecule has 6 aromatic heterocycles. The van der Waals surface area contributed by atoms with Gasteiger partial charge in [0.05, 0.1) is 76.3 Å². The summed E-state index contributed by atoms with van der Waals surface area (Å²) in [6, 6.07) is 39.5. The van der Waals surface area contributed by atoms with Crippen molar-refractivity contribution in [1.82, 2.24) is 29.9 Å². The van der Waals surface area contributed by atoms with Crippen LogP contribution in [0.1, 0.15) is 129 Å². The van der Waals surface area contributed by atoms with Gasteiger partial charge in [0, 0.05) is 16.5 Å². The lowest BCUT2D eigenvalue weighted by molar-refractivity contribution is 0.573. The van der Waals surface area contributed by atoms with E-state index in [2.05, 4.69) is 165 Å². The fourth-order valence-electron chi connectivity index (χ4n) is 8.54. The number of aryl methyl sites for hydroxylation is 7. The number of hydrogen-bond acceptors (Lipinski definition) is 15. The smallest absolute Gasteiger partial charge is 0.151 e. The van der Waals surface area contributed by atoms with Gasteiger partial charge in [-0.15, -0.1) is 68.0 Å². The lowest BCUT2D eigenvalue weighted by Gasteiger charge is -2.01. The Morgan fingerprint density at radius 3 is 1.37 bits per heavy atom. The summed E-state index contributed by atoms with van der Waals surface area (Å²) >= 11 is 22.1. The first kappa shape index (κ1) is 65.5. The number of para-hydroxylation sites is 3. The molecule has 0 aliphatic carbocycles. The first-order chi connectivity index (χ1) is 39.8. The van der Waals surface area contributed by atoms with Crippen molar-refractivity contribution < 1.29 is 0 Å². The van der Waals surface area contributed by atoms with Gasteiger partial charge >= 0.3 is 0 Å². The van der Waals surface area contributed by atoms with E-state index in [0.29, 0.717) is 0 Å². The molecule has 0 aliphatic heterocycles. The van der Waals surface area contributed by atoms with Crippen LogP contribution in [0.15, 0.2) is 128 Å². The number of nitrogens with zero attached hydrogens (tertiary/aromatic N) is 6. The molecule has 0 fully saturated rings. The van der Waals surface area contributed by atoms with Gasteiger partial charge in [0.15, 0.2) is 13.0 Å². The van der Waals surface area contributed by atoms with Crippen LogP contribution in [0, 0.1) is 48.5 Å². The highest BCUT2D eigenvalue weighted by atomic mass is 35.5. The number of thiazole rings is 6. The van der Waals surface area contributed by atoms with Gasteiger partial charge in [-0.1, -0.05) is 168 Å². The van der Waals surface area contributed by atoms with E-state index in [0.717, 1.165) is 63.2 Å². The summed E-state index contributed by atoms with van der Waals surface area (Å²) in [6.45, 7) is 21.3. The Balaban J connectivity index is 0.000000144. The Bertz CT molecular complexity index is 3690. The molecule has 0 radical (unpaired) electrons. The molecule has 0 spiro atoms. The molecule has 0 saturated carbocycles. The van der Waals surface area contributed by atoms with E-state index in [4.69, 9.17) is 11.6 Å². The molecule has 0 saturated heterocycles. The average molecular weight is 1280 g/mol.